The molecule has 212 valence electrons. The van der Waals surface area contributed by atoms with Crippen LogP contribution < -0.4 is 10.6 Å². The molecule has 0 fully saturated rings. The van der Waals surface area contributed by atoms with Crippen molar-refractivity contribution in [1.29, 1.82) is 0 Å². The fraction of sp³-hybridized carbons (Fsp3) is 0.333. The number of aromatic amines is 2. The molecule has 16 nitrogen and oxygen atoms in total. The van der Waals surface area contributed by atoms with E-state index in [0.29, 0.717) is 22.1 Å². The SMILES string of the molecule is CC(C)(C)OC(=O)Nc1nc2ccc([N+](=O)[O-])cc2[nH]1.CC(C)(C)OC(=O)Nc1nc2ccc([N+](=O)[O-])cc2[nH]1. The summed E-state index contributed by atoms with van der Waals surface area (Å²) >= 11 is 0. The molecule has 4 N–H and O–H groups in total. The van der Waals surface area contributed by atoms with Crippen LogP contribution in [0.4, 0.5) is 32.9 Å². The Morgan fingerprint density at radius 3 is 1.38 bits per heavy atom. The summed E-state index contributed by atoms with van der Waals surface area (Å²) in [5.74, 6) is 0.351. The molecule has 4 rings (SSSR count). The second kappa shape index (κ2) is 11.2. The van der Waals surface area contributed by atoms with Crippen molar-refractivity contribution < 1.29 is 28.9 Å². The largest absolute Gasteiger partial charge is 0.444 e. The molecule has 0 aliphatic rings. The van der Waals surface area contributed by atoms with E-state index in [9.17, 15) is 29.8 Å². The van der Waals surface area contributed by atoms with Gasteiger partial charge in [0.1, 0.15) is 11.2 Å². The van der Waals surface area contributed by atoms with Gasteiger partial charge in [-0.25, -0.2) is 19.6 Å². The molecular weight excluding hydrogens is 528 g/mol. The normalized spacial score (nSPS) is 11.3. The molecule has 2 heterocycles. The zero-order chi connectivity index (χ0) is 29.8. The third-order valence-corrected chi connectivity index (χ3v) is 4.59. The fourth-order valence-corrected chi connectivity index (χ4v) is 3.14. The van der Waals surface area contributed by atoms with Crippen LogP contribution in [0.25, 0.3) is 22.1 Å². The average molecular weight is 557 g/mol. The van der Waals surface area contributed by atoms with E-state index in [-0.39, 0.29) is 23.3 Å². The highest BCUT2D eigenvalue weighted by Crippen LogP contribution is 2.22. The first kappa shape index (κ1) is 29.3. The van der Waals surface area contributed by atoms with Crippen molar-refractivity contribution in [1.82, 2.24) is 19.9 Å². The summed E-state index contributed by atoms with van der Waals surface area (Å²) in [6.07, 6.45) is -1.29. The second-order valence-corrected chi connectivity index (χ2v) is 10.3. The van der Waals surface area contributed by atoms with Crippen LogP contribution in [0.15, 0.2) is 36.4 Å². The third kappa shape index (κ3) is 8.37. The van der Waals surface area contributed by atoms with Crippen molar-refractivity contribution in [2.45, 2.75) is 52.7 Å². The van der Waals surface area contributed by atoms with Crippen molar-refractivity contribution in [2.24, 2.45) is 0 Å². The molecule has 2 amide bonds. The van der Waals surface area contributed by atoms with Crippen LogP contribution in [0.2, 0.25) is 0 Å². The summed E-state index contributed by atoms with van der Waals surface area (Å²) in [4.78, 5) is 57.2. The average Bonchev–Trinajstić information content (AvgIpc) is 3.37. The van der Waals surface area contributed by atoms with Gasteiger partial charge in [0.15, 0.2) is 0 Å². The smallest absolute Gasteiger partial charge is 0.414 e. The van der Waals surface area contributed by atoms with Crippen LogP contribution >= 0.6 is 0 Å². The van der Waals surface area contributed by atoms with Gasteiger partial charge in [-0.15, -0.1) is 0 Å². The Morgan fingerprint density at radius 2 is 1.07 bits per heavy atom. The van der Waals surface area contributed by atoms with Crippen LogP contribution in [-0.2, 0) is 9.47 Å². The molecule has 0 atom stereocenters. The number of non-ortho nitro benzene ring substituents is 2. The monoisotopic (exact) mass is 556 g/mol. The first-order valence-corrected chi connectivity index (χ1v) is 11.8. The van der Waals surface area contributed by atoms with Crippen molar-refractivity contribution in [3.63, 3.8) is 0 Å². The number of fused-ring (bicyclic) bond motifs is 2. The van der Waals surface area contributed by atoms with Crippen molar-refractivity contribution in [3.05, 3.63) is 56.6 Å². The van der Waals surface area contributed by atoms with Gasteiger partial charge in [0.2, 0.25) is 11.9 Å². The standard InChI is InChI=1S/2C12H14N4O4/c2*1-12(2,3)20-11(17)15-10-13-8-5-4-7(16(18)19)6-9(8)14-10/h2*4-6H,1-3H3,(H2,13,14,15,17). The first-order chi connectivity index (χ1) is 18.5. The Kier molecular flexibility index (Phi) is 8.21. The number of ether oxygens (including phenoxy) is 2. The van der Waals surface area contributed by atoms with Crippen LogP contribution in [0, 0.1) is 20.2 Å². The molecule has 0 bridgehead atoms. The molecule has 0 spiro atoms. The molecule has 0 radical (unpaired) electrons. The van der Waals surface area contributed by atoms with Crippen molar-refractivity contribution >= 4 is 57.5 Å². The lowest BCUT2D eigenvalue weighted by Gasteiger charge is -2.18. The van der Waals surface area contributed by atoms with Gasteiger partial charge in [-0.3, -0.25) is 30.9 Å². The van der Waals surface area contributed by atoms with Crippen LogP contribution in [0.5, 0.6) is 0 Å². The minimum Gasteiger partial charge on any atom is -0.444 e. The molecule has 0 aliphatic carbocycles. The number of nitrogens with zero attached hydrogens (tertiary/aromatic N) is 4. The van der Waals surface area contributed by atoms with Gasteiger partial charge >= 0.3 is 12.2 Å². The van der Waals surface area contributed by atoms with Gasteiger partial charge < -0.3 is 19.4 Å². The fourth-order valence-electron chi connectivity index (χ4n) is 3.14. The number of imidazole rings is 2. The molecule has 2 aromatic heterocycles. The molecule has 0 unspecified atom stereocenters. The lowest BCUT2D eigenvalue weighted by atomic mass is 10.2. The number of nitro groups is 2. The Hall–Kier alpha value is -5.28. The van der Waals surface area contributed by atoms with Crippen molar-refractivity contribution in [2.75, 3.05) is 10.6 Å². The lowest BCUT2D eigenvalue weighted by Crippen LogP contribution is -2.27. The maximum Gasteiger partial charge on any atom is 0.414 e. The number of rotatable bonds is 4. The summed E-state index contributed by atoms with van der Waals surface area (Å²) in [5, 5.41) is 26.2. The Bertz CT molecular complexity index is 1460. The maximum atomic E-state index is 11.6. The first-order valence-electron chi connectivity index (χ1n) is 11.8. The van der Waals surface area contributed by atoms with E-state index in [1.165, 1.54) is 36.4 Å². The van der Waals surface area contributed by atoms with Gasteiger partial charge in [0.05, 0.1) is 31.9 Å². The number of carbonyl (C=O) groups excluding carboxylic acids is 2. The minimum absolute atomic E-state index is 0.0510. The highest BCUT2D eigenvalue weighted by atomic mass is 16.6. The van der Waals surface area contributed by atoms with Crippen LogP contribution in [0.1, 0.15) is 41.5 Å². The predicted octanol–water partition coefficient (Wildman–Crippen LogP) is 5.64. The summed E-state index contributed by atoms with van der Waals surface area (Å²) in [6.45, 7) is 10.5. The number of hydrogen-bond acceptors (Lipinski definition) is 10. The minimum atomic E-state index is -0.647. The topological polar surface area (TPSA) is 220 Å². The van der Waals surface area contributed by atoms with E-state index >= 15 is 0 Å². The summed E-state index contributed by atoms with van der Waals surface area (Å²) in [6, 6.07) is 8.40. The van der Waals surface area contributed by atoms with Gasteiger partial charge in [-0.1, -0.05) is 0 Å². The number of H-pyrrole nitrogens is 2. The van der Waals surface area contributed by atoms with E-state index in [1.54, 1.807) is 41.5 Å². The molecule has 0 saturated carbocycles. The number of nitrogens with one attached hydrogen (secondary N) is 4. The van der Waals surface area contributed by atoms with Crippen LogP contribution in [-0.4, -0.2) is 53.2 Å². The summed E-state index contributed by atoms with van der Waals surface area (Å²) in [5.41, 5.74) is 0.623. The predicted molar refractivity (Wildman–Crippen MR) is 145 cm³/mol. The third-order valence-electron chi connectivity index (χ3n) is 4.59. The van der Waals surface area contributed by atoms with Gasteiger partial charge in [0.25, 0.3) is 11.4 Å². The van der Waals surface area contributed by atoms with E-state index < -0.39 is 33.2 Å². The number of nitro benzene ring substituents is 2. The molecule has 0 aliphatic heterocycles. The molecular formula is C24H28N8O8. The molecule has 16 heteroatoms. The number of amides is 2. The second-order valence-electron chi connectivity index (χ2n) is 10.3. The number of anilines is 2. The summed E-state index contributed by atoms with van der Waals surface area (Å²) in [7, 11) is 0. The molecule has 40 heavy (non-hydrogen) atoms. The van der Waals surface area contributed by atoms with Crippen molar-refractivity contribution in [3.8, 4) is 0 Å². The highest BCUT2D eigenvalue weighted by molar-refractivity contribution is 5.88. The number of benzene rings is 2. The zero-order valence-corrected chi connectivity index (χ0v) is 22.5. The lowest BCUT2D eigenvalue weighted by molar-refractivity contribution is -0.384. The maximum absolute atomic E-state index is 11.6. The Morgan fingerprint density at radius 1 is 0.725 bits per heavy atom. The van der Waals surface area contributed by atoms with E-state index in [4.69, 9.17) is 9.47 Å². The highest BCUT2D eigenvalue weighted by Gasteiger charge is 2.19. The Balaban J connectivity index is 0.000000220. The quantitative estimate of drug-likeness (QED) is 0.179. The van der Waals surface area contributed by atoms with E-state index in [1.807, 2.05) is 0 Å². The molecule has 2 aromatic carbocycles. The van der Waals surface area contributed by atoms with Gasteiger partial charge in [-0.2, -0.15) is 0 Å². The number of aromatic nitrogens is 4. The molecule has 0 saturated heterocycles. The van der Waals surface area contributed by atoms with Crippen LogP contribution in [0.3, 0.4) is 0 Å². The zero-order valence-electron chi connectivity index (χ0n) is 22.5. The van der Waals surface area contributed by atoms with Gasteiger partial charge in [-0.05, 0) is 53.7 Å². The molecule has 4 aromatic rings. The summed E-state index contributed by atoms with van der Waals surface area (Å²) < 4.78 is 10.2. The van der Waals surface area contributed by atoms with E-state index in [2.05, 4.69) is 30.6 Å². The Labute approximate surface area is 226 Å². The number of carbonyl (C=O) groups is 2. The number of hydrogen-bond donors (Lipinski definition) is 4. The van der Waals surface area contributed by atoms with Gasteiger partial charge in [0, 0.05) is 24.3 Å². The van der Waals surface area contributed by atoms with E-state index in [0.717, 1.165) is 0 Å².